The van der Waals surface area contributed by atoms with Gasteiger partial charge in [0.2, 0.25) is 5.91 Å². The molecule has 0 spiro atoms. The number of fused-ring (bicyclic) bond motifs is 5. The van der Waals surface area contributed by atoms with Crippen LogP contribution < -0.4 is 19.3 Å². The number of nitrogens with zero attached hydrogens (tertiary/aromatic N) is 4. The lowest BCUT2D eigenvalue weighted by molar-refractivity contribution is -0.198. The zero-order valence-corrected chi connectivity index (χ0v) is 33.2. The number of aromatic nitrogens is 1. The monoisotopic (exact) mass is 810 g/mol. The number of anilines is 2. The first-order valence-corrected chi connectivity index (χ1v) is 20.4. The fourth-order valence-electron chi connectivity index (χ4n) is 8.59. The molecule has 3 aromatic carbocycles. The second-order valence-electron chi connectivity index (χ2n) is 15.0. The maximum Gasteiger partial charge on any atom is 0.416 e. The predicted molar refractivity (Wildman–Crippen MR) is 218 cm³/mol. The Labute approximate surface area is 342 Å². The number of amides is 3. The van der Waals surface area contributed by atoms with Crippen LogP contribution in [0.15, 0.2) is 73.3 Å². The topological polar surface area (TPSA) is 140 Å². The molecule has 4 aromatic rings. The second-order valence-corrected chi connectivity index (χ2v) is 15.3. The van der Waals surface area contributed by atoms with Crippen molar-refractivity contribution in [3.63, 3.8) is 0 Å². The largest absolute Gasteiger partial charge is 0.507 e. The number of ether oxygens (including phenoxy) is 5. The Kier molecular flexibility index (Phi) is 11.7. The Balaban J connectivity index is 1.07. The Morgan fingerprint density at radius 1 is 1.00 bits per heavy atom. The highest BCUT2D eigenvalue weighted by molar-refractivity contribution is 6.19. The van der Waals surface area contributed by atoms with Gasteiger partial charge in [0.15, 0.2) is 24.0 Å². The van der Waals surface area contributed by atoms with Gasteiger partial charge >= 0.3 is 6.09 Å². The van der Waals surface area contributed by atoms with E-state index in [1.165, 1.54) is 18.1 Å². The number of hydrogen-bond donors (Lipinski definition) is 1. The Morgan fingerprint density at radius 2 is 1.81 bits per heavy atom. The number of rotatable bonds is 11. The van der Waals surface area contributed by atoms with Gasteiger partial charge in [-0.25, -0.2) is 9.69 Å². The molecule has 0 saturated carbocycles. The number of carbonyl (C=O) groups is 3. The fraction of sp³-hybridized carbons (Fsp3) is 0.409. The molecule has 304 valence electrons. The molecule has 58 heavy (non-hydrogen) atoms. The van der Waals surface area contributed by atoms with E-state index in [9.17, 15) is 19.5 Å². The molecule has 2 fully saturated rings. The quantitative estimate of drug-likeness (QED) is 0.120. The van der Waals surface area contributed by atoms with Crippen LogP contribution in [0.1, 0.15) is 71.8 Å². The normalized spacial score (nSPS) is 21.5. The van der Waals surface area contributed by atoms with Gasteiger partial charge in [0.1, 0.15) is 19.0 Å². The zero-order chi connectivity index (χ0) is 40.3. The summed E-state index contributed by atoms with van der Waals surface area (Å²) in [5.74, 6) is 0.465. The highest BCUT2D eigenvalue weighted by Gasteiger charge is 2.47. The van der Waals surface area contributed by atoms with Crippen molar-refractivity contribution in [2.75, 3.05) is 49.1 Å². The van der Waals surface area contributed by atoms with Gasteiger partial charge in [-0.05, 0) is 67.7 Å². The van der Waals surface area contributed by atoms with E-state index >= 15 is 0 Å². The average molecular weight is 811 g/mol. The molecule has 13 nitrogen and oxygen atoms in total. The minimum absolute atomic E-state index is 0.00565. The summed E-state index contributed by atoms with van der Waals surface area (Å²) in [5, 5.41) is 12.4. The number of pyridine rings is 1. The number of alkyl halides is 1. The maximum absolute atomic E-state index is 14.3. The van der Waals surface area contributed by atoms with Crippen LogP contribution in [-0.4, -0.2) is 90.8 Å². The van der Waals surface area contributed by atoms with Gasteiger partial charge in [-0.2, -0.15) is 0 Å². The number of methoxy groups -OCH3 is 1. The van der Waals surface area contributed by atoms with Crippen LogP contribution in [0.4, 0.5) is 16.2 Å². The molecule has 4 aliphatic rings. The fourth-order valence-corrected chi connectivity index (χ4v) is 8.84. The lowest BCUT2D eigenvalue weighted by Crippen LogP contribution is -2.57. The number of phenols is 1. The van der Waals surface area contributed by atoms with Crippen molar-refractivity contribution >= 4 is 51.7 Å². The van der Waals surface area contributed by atoms with Gasteiger partial charge in [0.05, 0.1) is 47.9 Å². The first-order chi connectivity index (χ1) is 28.3. The van der Waals surface area contributed by atoms with Gasteiger partial charge < -0.3 is 38.6 Å². The van der Waals surface area contributed by atoms with Crippen molar-refractivity contribution in [1.29, 1.82) is 0 Å². The molecule has 2 saturated heterocycles. The second kappa shape index (κ2) is 17.2. The predicted octanol–water partition coefficient (Wildman–Crippen LogP) is 7.45. The lowest BCUT2D eigenvalue weighted by atomic mass is 9.95. The Morgan fingerprint density at radius 3 is 2.59 bits per heavy atom. The molecule has 4 atom stereocenters. The van der Waals surface area contributed by atoms with Crippen LogP contribution in [0.5, 0.6) is 17.2 Å². The number of halogens is 1. The van der Waals surface area contributed by atoms with Gasteiger partial charge in [-0.15, -0.1) is 11.6 Å². The third-order valence-electron chi connectivity index (χ3n) is 11.3. The highest BCUT2D eigenvalue weighted by Crippen LogP contribution is 2.46. The summed E-state index contributed by atoms with van der Waals surface area (Å²) >= 11 is 6.41. The SMILES string of the molecule is C=CCOC(=O)N1c2cc(OCc3cccc(CC(=O)N4C[C@@H](CCl)c5c4cc(O)c4ccccc54)n3)c(OC)cc2C(=O)N2CCCC[C@H]2C1OC1CCCCO1. The van der Waals surface area contributed by atoms with Gasteiger partial charge in [-0.3, -0.25) is 14.6 Å². The van der Waals surface area contributed by atoms with Crippen LogP contribution in [0.2, 0.25) is 0 Å². The molecule has 5 heterocycles. The molecule has 1 N–H and O–H groups in total. The van der Waals surface area contributed by atoms with E-state index in [0.29, 0.717) is 61.2 Å². The van der Waals surface area contributed by atoms with Crippen LogP contribution in [0.25, 0.3) is 10.8 Å². The Hall–Kier alpha value is -5.37. The van der Waals surface area contributed by atoms with E-state index in [1.54, 1.807) is 40.1 Å². The molecule has 0 radical (unpaired) electrons. The number of carbonyl (C=O) groups excluding carboxylic acids is 3. The van der Waals surface area contributed by atoms with Crippen molar-refractivity contribution < 1.29 is 43.2 Å². The van der Waals surface area contributed by atoms with Crippen LogP contribution in [-0.2, 0) is 32.0 Å². The van der Waals surface area contributed by atoms with E-state index in [0.717, 1.165) is 42.0 Å². The molecule has 1 aromatic heterocycles. The summed E-state index contributed by atoms with van der Waals surface area (Å²) in [5.41, 5.74) is 3.19. The minimum Gasteiger partial charge on any atom is -0.507 e. The molecule has 14 heteroatoms. The summed E-state index contributed by atoms with van der Waals surface area (Å²) in [7, 11) is 1.49. The highest BCUT2D eigenvalue weighted by atomic mass is 35.5. The molecule has 4 aliphatic heterocycles. The number of hydrogen-bond acceptors (Lipinski definition) is 10. The summed E-state index contributed by atoms with van der Waals surface area (Å²) in [6.45, 7) is 5.09. The van der Waals surface area contributed by atoms with Crippen LogP contribution >= 0.6 is 11.6 Å². The van der Waals surface area contributed by atoms with Crippen LogP contribution in [0, 0.1) is 0 Å². The molecule has 8 rings (SSSR count). The molecular formula is C44H47ClN4O9. The van der Waals surface area contributed by atoms with E-state index in [-0.39, 0.29) is 60.1 Å². The third kappa shape index (κ3) is 7.66. The smallest absolute Gasteiger partial charge is 0.416 e. The van der Waals surface area contributed by atoms with E-state index in [1.807, 2.05) is 30.3 Å². The van der Waals surface area contributed by atoms with Crippen molar-refractivity contribution in [3.8, 4) is 17.2 Å². The lowest BCUT2D eigenvalue weighted by Gasteiger charge is -2.42. The van der Waals surface area contributed by atoms with E-state index in [2.05, 4.69) is 6.58 Å². The first kappa shape index (κ1) is 39.5. The minimum atomic E-state index is -0.895. The summed E-state index contributed by atoms with van der Waals surface area (Å²) in [6.07, 6.45) is 4.16. The molecule has 0 bridgehead atoms. The molecule has 0 aliphatic carbocycles. The maximum atomic E-state index is 14.3. The van der Waals surface area contributed by atoms with E-state index < -0.39 is 24.7 Å². The molecule has 3 amide bonds. The molecular weight excluding hydrogens is 764 g/mol. The van der Waals surface area contributed by atoms with Crippen LogP contribution in [0.3, 0.4) is 0 Å². The van der Waals surface area contributed by atoms with E-state index in [4.69, 9.17) is 40.3 Å². The third-order valence-corrected chi connectivity index (χ3v) is 11.7. The van der Waals surface area contributed by atoms with Crippen molar-refractivity contribution in [2.45, 2.75) is 76.0 Å². The summed E-state index contributed by atoms with van der Waals surface area (Å²) in [4.78, 5) is 51.9. The number of benzene rings is 3. The standard InChI is InChI=1S/C44H47ClN4O9/c1-3-18-56-44(53)49-34-23-38(37(54-2)21-32(34)42(52)47-17-8-6-15-33(47)43(49)58-40-16-7-9-19-55-40)57-26-29-12-10-11-28(46-29)20-39(51)48-25-27(24-45)41-31-14-5-4-13-30(31)36(50)22-35(41)48/h3-5,10-14,21-23,27,33,40,43,50H,1,6-9,15-20,24-26H2,2H3/t27-,33+,40?,43?/m1/s1. The number of piperidine rings is 1. The van der Waals surface area contributed by atoms with Crippen molar-refractivity contribution in [1.82, 2.24) is 9.88 Å². The average Bonchev–Trinajstić information content (AvgIpc) is 3.59. The zero-order valence-electron chi connectivity index (χ0n) is 32.4. The summed E-state index contributed by atoms with van der Waals surface area (Å²) < 4.78 is 30.3. The van der Waals surface area contributed by atoms with Gasteiger partial charge in [0, 0.05) is 49.0 Å². The van der Waals surface area contributed by atoms with Crippen molar-refractivity contribution in [3.05, 3.63) is 95.8 Å². The van der Waals surface area contributed by atoms with Gasteiger partial charge in [-0.1, -0.05) is 43.0 Å². The molecule has 2 unspecified atom stereocenters. The summed E-state index contributed by atoms with van der Waals surface area (Å²) in [6, 6.07) is 17.4. The van der Waals surface area contributed by atoms with Crippen molar-refractivity contribution in [2.24, 2.45) is 0 Å². The van der Waals surface area contributed by atoms with Gasteiger partial charge in [0.25, 0.3) is 5.91 Å². The number of phenolic OH excluding ortho intramolecular Hbond substituents is 1. The number of aromatic hydroxyl groups is 1. The first-order valence-electron chi connectivity index (χ1n) is 19.8. The Bertz CT molecular complexity index is 2210.